The van der Waals surface area contributed by atoms with Crippen LogP contribution in [-0.2, 0) is 18.3 Å². The van der Waals surface area contributed by atoms with E-state index in [1.807, 2.05) is 6.92 Å². The lowest BCUT2D eigenvalue weighted by molar-refractivity contribution is -0.0937. The summed E-state index contributed by atoms with van der Waals surface area (Å²) >= 11 is 0. The molecule has 3 unspecified atom stereocenters. The van der Waals surface area contributed by atoms with Gasteiger partial charge in [-0.3, -0.25) is 13.6 Å². The molecule has 1 heterocycles. The van der Waals surface area contributed by atoms with E-state index < -0.39 is 31.9 Å². The van der Waals surface area contributed by atoms with Crippen molar-refractivity contribution in [3.8, 4) is 0 Å². The molecule has 132 valence electrons. The van der Waals surface area contributed by atoms with Gasteiger partial charge in [0.05, 0.1) is 12.2 Å². The molecule has 0 saturated heterocycles. The second-order valence-electron chi connectivity index (χ2n) is 5.14. The van der Waals surface area contributed by atoms with Crippen LogP contribution >= 0.6 is 7.82 Å². The Morgan fingerprint density at radius 1 is 1.48 bits per heavy atom. The van der Waals surface area contributed by atoms with E-state index in [4.69, 9.17) is 15.0 Å². The number of anilines is 1. The van der Waals surface area contributed by atoms with Crippen molar-refractivity contribution in [3.63, 3.8) is 0 Å². The van der Waals surface area contributed by atoms with Crippen LogP contribution in [0.5, 0.6) is 0 Å². The monoisotopic (exact) mass is 349 g/mol. The van der Waals surface area contributed by atoms with Crippen LogP contribution in [0.2, 0.25) is 0 Å². The number of aryl methyl sites for hydroxylation is 1. The Balaban J connectivity index is 2.89. The fraction of sp³-hybridized carbons (Fsp3) is 0.692. The van der Waals surface area contributed by atoms with E-state index in [9.17, 15) is 14.3 Å². The van der Waals surface area contributed by atoms with Gasteiger partial charge in [0.25, 0.3) is 0 Å². The van der Waals surface area contributed by atoms with Crippen molar-refractivity contribution in [2.24, 2.45) is 0 Å². The van der Waals surface area contributed by atoms with Gasteiger partial charge in [-0.2, -0.15) is 4.98 Å². The summed E-state index contributed by atoms with van der Waals surface area (Å²) in [5.74, 6) is 0.170. The minimum Gasteiger partial charge on any atom is -0.383 e. The van der Waals surface area contributed by atoms with Gasteiger partial charge in [0.2, 0.25) is 0 Å². The number of rotatable bonds is 8. The number of phosphoric ester groups is 1. The van der Waals surface area contributed by atoms with E-state index in [2.05, 4.69) is 9.51 Å². The average Bonchev–Trinajstić information content (AvgIpc) is 2.47. The fourth-order valence-corrected chi connectivity index (χ4v) is 2.66. The molecule has 0 fully saturated rings. The molecule has 0 radical (unpaired) electrons. The average molecular weight is 349 g/mol. The first-order valence-corrected chi connectivity index (χ1v) is 8.68. The van der Waals surface area contributed by atoms with Crippen molar-refractivity contribution in [2.75, 3.05) is 12.8 Å². The lowest BCUT2D eigenvalue weighted by Crippen LogP contribution is -2.34. The molecule has 9 nitrogen and oxygen atoms in total. The Kier molecular flexibility index (Phi) is 6.91. The molecule has 0 aromatic carbocycles. The number of ether oxygens (including phenoxy) is 1. The molecule has 10 heteroatoms. The Bertz CT molecular complexity index is 635. The highest BCUT2D eigenvalue weighted by molar-refractivity contribution is 7.47. The van der Waals surface area contributed by atoms with Crippen molar-refractivity contribution in [1.82, 2.24) is 9.55 Å². The van der Waals surface area contributed by atoms with Gasteiger partial charge in [-0.05, 0) is 27.2 Å². The zero-order valence-electron chi connectivity index (χ0n) is 13.9. The van der Waals surface area contributed by atoms with Crippen LogP contribution in [-0.4, -0.2) is 33.8 Å². The summed E-state index contributed by atoms with van der Waals surface area (Å²) < 4.78 is 28.0. The Morgan fingerprint density at radius 2 is 2.09 bits per heavy atom. The highest BCUT2D eigenvalue weighted by Gasteiger charge is 2.29. The maximum absolute atomic E-state index is 11.9. The number of aromatic nitrogens is 2. The molecule has 0 bridgehead atoms. The lowest BCUT2D eigenvalue weighted by atomic mass is 10.2. The molecule has 0 aliphatic rings. The Labute approximate surface area is 135 Å². The number of phosphoric acid groups is 1. The predicted octanol–water partition coefficient (Wildman–Crippen LogP) is 1.60. The lowest BCUT2D eigenvalue weighted by Gasteiger charge is -2.28. The van der Waals surface area contributed by atoms with E-state index in [1.165, 1.54) is 4.57 Å². The highest BCUT2D eigenvalue weighted by Crippen LogP contribution is 2.44. The molecule has 0 spiro atoms. The summed E-state index contributed by atoms with van der Waals surface area (Å²) in [5.41, 5.74) is 5.71. The first kappa shape index (κ1) is 19.8. The molecular weight excluding hydrogens is 325 g/mol. The van der Waals surface area contributed by atoms with Crippen molar-refractivity contribution in [2.45, 2.75) is 52.6 Å². The molecule has 1 aromatic rings. The summed E-state index contributed by atoms with van der Waals surface area (Å²) in [7, 11) is -3.03. The first-order valence-electron chi connectivity index (χ1n) is 7.19. The zero-order chi connectivity index (χ0) is 17.8. The number of hydrogen-bond donors (Lipinski definition) is 2. The maximum Gasteiger partial charge on any atom is 0.472 e. The summed E-state index contributed by atoms with van der Waals surface area (Å²) in [6, 6.07) is 0. The van der Waals surface area contributed by atoms with Crippen molar-refractivity contribution in [3.05, 3.63) is 22.2 Å². The van der Waals surface area contributed by atoms with Crippen LogP contribution in [0, 0.1) is 6.92 Å². The number of nitrogen functional groups attached to an aromatic ring is 1. The summed E-state index contributed by atoms with van der Waals surface area (Å²) in [5, 5.41) is 0. The van der Waals surface area contributed by atoms with Crippen molar-refractivity contribution in [1.29, 1.82) is 0 Å². The van der Waals surface area contributed by atoms with E-state index in [0.29, 0.717) is 12.0 Å². The van der Waals surface area contributed by atoms with E-state index in [1.54, 1.807) is 27.0 Å². The largest absolute Gasteiger partial charge is 0.472 e. The van der Waals surface area contributed by atoms with Crippen LogP contribution in [0.15, 0.2) is 11.0 Å². The van der Waals surface area contributed by atoms with Gasteiger partial charge in [0, 0.05) is 18.9 Å². The third kappa shape index (κ3) is 5.40. The van der Waals surface area contributed by atoms with Gasteiger partial charge in [-0.1, -0.05) is 6.92 Å². The summed E-state index contributed by atoms with van der Waals surface area (Å²) in [4.78, 5) is 25.0. The molecule has 4 atom stereocenters. The standard InChI is InChI=1S/C13H24N3O6P/c1-6-11(9(3)22-23(18,19)20-5)21-10(4)16-7-8(2)12(14)15-13(16)17/h7,9-11H,6H2,1-5H3,(H,18,19)(H2,14,15,17)/t9?,10?,11-/m0/s1. The van der Waals surface area contributed by atoms with Crippen LogP contribution in [0.1, 0.15) is 39.0 Å². The molecule has 0 aliphatic heterocycles. The topological polar surface area (TPSA) is 126 Å². The van der Waals surface area contributed by atoms with Crippen LogP contribution in [0.4, 0.5) is 5.82 Å². The third-order valence-corrected chi connectivity index (χ3v) is 4.45. The van der Waals surface area contributed by atoms with E-state index in [-0.39, 0.29) is 5.82 Å². The summed E-state index contributed by atoms with van der Waals surface area (Å²) in [6.45, 7) is 6.83. The fourth-order valence-electron chi connectivity index (χ4n) is 2.02. The normalized spacial score (nSPS) is 18.2. The predicted molar refractivity (Wildman–Crippen MR) is 84.9 cm³/mol. The second kappa shape index (κ2) is 8.03. The van der Waals surface area contributed by atoms with Crippen LogP contribution in [0.25, 0.3) is 0 Å². The summed E-state index contributed by atoms with van der Waals surface area (Å²) in [6.07, 6.45) is 0.179. The number of nitrogens with two attached hydrogens (primary N) is 1. The van der Waals surface area contributed by atoms with Gasteiger partial charge in [-0.25, -0.2) is 9.36 Å². The minimum atomic E-state index is -4.11. The second-order valence-corrected chi connectivity index (χ2v) is 6.66. The van der Waals surface area contributed by atoms with Crippen molar-refractivity contribution >= 4 is 13.6 Å². The molecule has 0 amide bonds. The zero-order valence-corrected chi connectivity index (χ0v) is 14.8. The Morgan fingerprint density at radius 3 is 2.61 bits per heavy atom. The molecule has 23 heavy (non-hydrogen) atoms. The van der Waals surface area contributed by atoms with Crippen LogP contribution in [0.3, 0.4) is 0 Å². The van der Waals surface area contributed by atoms with Gasteiger partial charge in [0.15, 0.2) is 0 Å². The maximum atomic E-state index is 11.9. The smallest absolute Gasteiger partial charge is 0.383 e. The molecule has 1 aromatic heterocycles. The Hall–Kier alpha value is -1.25. The number of hydrogen-bond acceptors (Lipinski definition) is 7. The first-order chi connectivity index (χ1) is 10.6. The molecule has 0 aliphatic carbocycles. The molecule has 0 saturated carbocycles. The van der Waals surface area contributed by atoms with Gasteiger partial charge in [-0.15, -0.1) is 0 Å². The van der Waals surface area contributed by atoms with E-state index in [0.717, 1.165) is 7.11 Å². The van der Waals surface area contributed by atoms with Gasteiger partial charge >= 0.3 is 13.5 Å². The SMILES string of the molecule is CC[C@H](OC(C)n1cc(C)c(N)nc1=O)C(C)OP(=O)(O)OC. The third-order valence-electron chi connectivity index (χ3n) is 3.39. The van der Waals surface area contributed by atoms with E-state index >= 15 is 0 Å². The van der Waals surface area contributed by atoms with Crippen LogP contribution < -0.4 is 11.4 Å². The minimum absolute atomic E-state index is 0.170. The van der Waals surface area contributed by atoms with Gasteiger partial charge < -0.3 is 15.4 Å². The molecule has 3 N–H and O–H groups in total. The molecular formula is C13H24N3O6P. The quantitative estimate of drug-likeness (QED) is 0.678. The van der Waals surface area contributed by atoms with Crippen molar-refractivity contribution < 1.29 is 23.2 Å². The number of nitrogens with zero attached hydrogens (tertiary/aromatic N) is 2. The highest BCUT2D eigenvalue weighted by atomic mass is 31.2. The van der Waals surface area contributed by atoms with Gasteiger partial charge in [0.1, 0.15) is 12.0 Å². The molecule has 1 rings (SSSR count).